The highest BCUT2D eigenvalue weighted by Crippen LogP contribution is 2.35. The molecule has 0 unspecified atom stereocenters. The van der Waals surface area contributed by atoms with Crippen LogP contribution in [0.3, 0.4) is 0 Å². The zero-order valence-electron chi connectivity index (χ0n) is 18.5. The van der Waals surface area contributed by atoms with E-state index in [-0.39, 0.29) is 12.2 Å². The van der Waals surface area contributed by atoms with Gasteiger partial charge in [0.1, 0.15) is 5.01 Å². The van der Waals surface area contributed by atoms with E-state index in [9.17, 15) is 5.11 Å². The van der Waals surface area contributed by atoms with Crippen molar-refractivity contribution in [2.24, 2.45) is 0 Å². The molecule has 0 amide bonds. The van der Waals surface area contributed by atoms with Gasteiger partial charge in [-0.3, -0.25) is 0 Å². The maximum absolute atomic E-state index is 9.22. The van der Waals surface area contributed by atoms with Crippen LogP contribution in [-0.4, -0.2) is 35.9 Å². The highest BCUT2D eigenvalue weighted by Gasteiger charge is 2.33. The van der Waals surface area contributed by atoms with Gasteiger partial charge in [-0.05, 0) is 54.7 Å². The summed E-state index contributed by atoms with van der Waals surface area (Å²) in [5.41, 5.74) is 4.56. The lowest BCUT2D eigenvalue weighted by Crippen LogP contribution is -2.45. The van der Waals surface area contributed by atoms with Gasteiger partial charge in [0, 0.05) is 37.6 Å². The smallest absolute Gasteiger partial charge is 0.123 e. The molecule has 1 aliphatic heterocycles. The second-order valence-corrected chi connectivity index (χ2v) is 9.44. The average Bonchev–Trinajstić information content (AvgIpc) is 3.34. The molecule has 0 aliphatic carbocycles. The minimum absolute atomic E-state index is 0.0686. The van der Waals surface area contributed by atoms with Gasteiger partial charge >= 0.3 is 0 Å². The van der Waals surface area contributed by atoms with E-state index in [4.69, 9.17) is 4.74 Å². The molecule has 1 aliphatic rings. The highest BCUT2D eigenvalue weighted by molar-refractivity contribution is 7.18. The first-order chi connectivity index (χ1) is 15.2. The van der Waals surface area contributed by atoms with Crippen molar-refractivity contribution in [2.75, 3.05) is 25.1 Å². The average molecular weight is 437 g/mol. The van der Waals surface area contributed by atoms with Gasteiger partial charge in [0.2, 0.25) is 0 Å². The summed E-state index contributed by atoms with van der Waals surface area (Å²) < 4.78 is 5.95. The lowest BCUT2D eigenvalue weighted by molar-refractivity contribution is -0.0374. The molecule has 5 heteroatoms. The van der Waals surface area contributed by atoms with Gasteiger partial charge in [-0.1, -0.05) is 44.0 Å². The number of hydrogen-bond donors (Lipinski definition) is 1. The van der Waals surface area contributed by atoms with Crippen LogP contribution in [-0.2, 0) is 11.3 Å². The number of unbranched alkanes of at least 4 members (excludes halogenated alkanes) is 1. The van der Waals surface area contributed by atoms with E-state index in [1.807, 2.05) is 37.6 Å². The molecule has 1 saturated heterocycles. The van der Waals surface area contributed by atoms with Crippen molar-refractivity contribution in [3.63, 3.8) is 0 Å². The van der Waals surface area contributed by atoms with Crippen LogP contribution in [0.1, 0.15) is 44.6 Å². The molecule has 0 spiro atoms. The van der Waals surface area contributed by atoms with Crippen LogP contribution in [0.4, 0.5) is 5.69 Å². The van der Waals surface area contributed by atoms with E-state index < -0.39 is 0 Å². The maximum Gasteiger partial charge on any atom is 0.123 e. The summed E-state index contributed by atoms with van der Waals surface area (Å²) in [4.78, 5) is 8.26. The van der Waals surface area contributed by atoms with Gasteiger partial charge in [0.05, 0.1) is 17.1 Å². The maximum atomic E-state index is 9.22. The first kappa shape index (κ1) is 22.0. The van der Waals surface area contributed by atoms with Crippen molar-refractivity contribution in [3.8, 4) is 21.0 Å². The van der Waals surface area contributed by atoms with Crippen molar-refractivity contribution in [1.82, 2.24) is 4.98 Å². The number of anilines is 1. The van der Waals surface area contributed by atoms with Gasteiger partial charge in [0.25, 0.3) is 0 Å². The lowest BCUT2D eigenvalue weighted by atomic mass is 9.86. The molecule has 31 heavy (non-hydrogen) atoms. The Bertz CT molecular complexity index is 958. The Morgan fingerprint density at radius 1 is 1.03 bits per heavy atom. The number of benzene rings is 2. The molecule has 0 radical (unpaired) electrons. The molecule has 0 saturated carbocycles. The number of aromatic nitrogens is 1. The van der Waals surface area contributed by atoms with E-state index in [0.29, 0.717) is 0 Å². The topological polar surface area (TPSA) is 45.6 Å². The summed E-state index contributed by atoms with van der Waals surface area (Å²) in [6.07, 6.45) is 7.76. The summed E-state index contributed by atoms with van der Waals surface area (Å²) in [7, 11) is 1.88. The number of aliphatic hydroxyl groups is 1. The fraction of sp³-hybridized carbons (Fsp3) is 0.423. The zero-order valence-corrected chi connectivity index (χ0v) is 19.3. The molecule has 0 atom stereocenters. The fourth-order valence-corrected chi connectivity index (χ4v) is 5.28. The highest BCUT2D eigenvalue weighted by atomic mass is 32.1. The predicted molar refractivity (Wildman–Crippen MR) is 130 cm³/mol. The number of rotatable bonds is 8. The standard InChI is InChI=1S/C26H32N2O2S/c1-3-4-13-26(30-2)14-16-28(17-15-26)23-11-9-22(10-12-23)25-27-18-24(31-25)21-7-5-20(19-29)6-8-21/h5-12,18,29H,3-4,13-17,19H2,1-2H3. The van der Waals surface area contributed by atoms with Crippen LogP contribution in [0, 0.1) is 0 Å². The quantitative estimate of drug-likeness (QED) is 0.460. The summed E-state index contributed by atoms with van der Waals surface area (Å²) in [5.74, 6) is 0. The first-order valence-electron chi connectivity index (χ1n) is 11.2. The number of aliphatic hydroxyl groups excluding tert-OH is 1. The van der Waals surface area contributed by atoms with Gasteiger partial charge in [-0.15, -0.1) is 11.3 Å². The molecule has 2 aromatic carbocycles. The Morgan fingerprint density at radius 2 is 1.71 bits per heavy atom. The van der Waals surface area contributed by atoms with Crippen LogP contribution in [0.15, 0.2) is 54.7 Å². The second kappa shape index (κ2) is 9.94. The number of nitrogens with zero attached hydrogens (tertiary/aromatic N) is 2. The Balaban J connectivity index is 1.41. The second-order valence-electron chi connectivity index (χ2n) is 8.41. The van der Waals surface area contributed by atoms with Gasteiger partial charge in [0.15, 0.2) is 0 Å². The molecule has 2 heterocycles. The molecular formula is C26H32N2O2S. The van der Waals surface area contributed by atoms with Crippen molar-refractivity contribution in [3.05, 3.63) is 60.3 Å². The van der Waals surface area contributed by atoms with Crippen molar-refractivity contribution < 1.29 is 9.84 Å². The molecule has 4 rings (SSSR count). The zero-order chi connectivity index (χ0) is 21.7. The molecule has 4 nitrogen and oxygen atoms in total. The van der Waals surface area contributed by atoms with E-state index in [0.717, 1.165) is 52.5 Å². The third kappa shape index (κ3) is 5.00. The van der Waals surface area contributed by atoms with Gasteiger partial charge in [-0.25, -0.2) is 4.98 Å². The van der Waals surface area contributed by atoms with Gasteiger partial charge < -0.3 is 14.7 Å². The molecule has 1 N–H and O–H groups in total. The van der Waals surface area contributed by atoms with Gasteiger partial charge in [-0.2, -0.15) is 0 Å². The van der Waals surface area contributed by atoms with Crippen molar-refractivity contribution in [1.29, 1.82) is 0 Å². The normalized spacial score (nSPS) is 15.9. The Hall–Kier alpha value is -2.21. The van der Waals surface area contributed by atoms with Crippen molar-refractivity contribution >= 4 is 17.0 Å². The SMILES string of the molecule is CCCCC1(OC)CCN(c2ccc(-c3ncc(-c4ccc(CO)cc4)s3)cc2)CC1. The van der Waals surface area contributed by atoms with E-state index >= 15 is 0 Å². The van der Waals surface area contributed by atoms with Crippen LogP contribution in [0.2, 0.25) is 0 Å². The van der Waals surface area contributed by atoms with Crippen molar-refractivity contribution in [2.45, 2.75) is 51.2 Å². The molecular weight excluding hydrogens is 404 g/mol. The van der Waals surface area contributed by atoms with E-state index in [1.54, 1.807) is 11.3 Å². The monoisotopic (exact) mass is 436 g/mol. The summed E-state index contributed by atoms with van der Waals surface area (Å²) in [6.45, 7) is 4.41. The van der Waals surface area contributed by atoms with E-state index in [2.05, 4.69) is 41.1 Å². The first-order valence-corrected chi connectivity index (χ1v) is 12.0. The molecule has 1 fully saturated rings. The van der Waals surface area contributed by atoms with Crippen LogP contribution >= 0.6 is 11.3 Å². The molecule has 1 aromatic heterocycles. The Kier molecular flexibility index (Phi) is 7.06. The third-order valence-corrected chi connectivity index (χ3v) is 7.60. The lowest BCUT2D eigenvalue weighted by Gasteiger charge is -2.42. The fourth-order valence-electron chi connectivity index (χ4n) is 4.36. The third-order valence-electron chi connectivity index (χ3n) is 6.50. The van der Waals surface area contributed by atoms with Crippen LogP contribution in [0.25, 0.3) is 21.0 Å². The van der Waals surface area contributed by atoms with E-state index in [1.165, 1.54) is 24.9 Å². The van der Waals surface area contributed by atoms with Crippen LogP contribution < -0.4 is 4.90 Å². The largest absolute Gasteiger partial charge is 0.392 e. The number of hydrogen-bond acceptors (Lipinski definition) is 5. The molecule has 164 valence electrons. The number of thiazole rings is 1. The molecule has 3 aromatic rings. The number of methoxy groups -OCH3 is 1. The minimum Gasteiger partial charge on any atom is -0.392 e. The Labute approximate surface area is 189 Å². The minimum atomic E-state index is 0.0686. The van der Waals surface area contributed by atoms with Crippen LogP contribution in [0.5, 0.6) is 0 Å². The summed E-state index contributed by atoms with van der Waals surface area (Å²) in [6, 6.07) is 16.8. The Morgan fingerprint density at radius 3 is 2.32 bits per heavy atom. The summed E-state index contributed by atoms with van der Waals surface area (Å²) >= 11 is 1.70. The number of piperidine rings is 1. The summed E-state index contributed by atoms with van der Waals surface area (Å²) in [5, 5.41) is 10.3. The predicted octanol–water partition coefficient (Wildman–Crippen LogP) is 6.15. The number of ether oxygens (including phenoxy) is 1. The molecule has 0 bridgehead atoms.